The van der Waals surface area contributed by atoms with Crippen LogP contribution in [0.15, 0.2) is 36.9 Å². The van der Waals surface area contributed by atoms with E-state index in [9.17, 15) is 4.79 Å². The molecule has 0 unspecified atom stereocenters. The average molecular weight is 368 g/mol. The SMILES string of the molecule is O=C(CCN1CCN(CCn2cncn2)CC1)N1CCc2ccccc2C1. The molecule has 0 saturated carbocycles. The number of carbonyl (C=O) groups excluding carboxylic acids is 1. The van der Waals surface area contributed by atoms with E-state index in [0.717, 1.165) is 65.3 Å². The van der Waals surface area contributed by atoms with Crippen LogP contribution >= 0.6 is 0 Å². The molecule has 1 fully saturated rings. The molecule has 1 amide bonds. The van der Waals surface area contributed by atoms with Gasteiger partial charge >= 0.3 is 0 Å². The summed E-state index contributed by atoms with van der Waals surface area (Å²) in [4.78, 5) is 23.5. The molecule has 7 nitrogen and oxygen atoms in total. The monoisotopic (exact) mass is 368 g/mol. The fourth-order valence-electron chi connectivity index (χ4n) is 3.95. The van der Waals surface area contributed by atoms with Crippen molar-refractivity contribution in [3.8, 4) is 0 Å². The van der Waals surface area contributed by atoms with Gasteiger partial charge in [0.05, 0.1) is 6.54 Å². The molecular weight excluding hydrogens is 340 g/mol. The van der Waals surface area contributed by atoms with Crippen LogP contribution in [0.5, 0.6) is 0 Å². The van der Waals surface area contributed by atoms with Crippen LogP contribution in [0.4, 0.5) is 0 Å². The largest absolute Gasteiger partial charge is 0.338 e. The highest BCUT2D eigenvalue weighted by atomic mass is 16.2. The Morgan fingerprint density at radius 2 is 1.67 bits per heavy atom. The fourth-order valence-corrected chi connectivity index (χ4v) is 3.95. The highest BCUT2D eigenvalue weighted by molar-refractivity contribution is 5.76. The molecule has 27 heavy (non-hydrogen) atoms. The van der Waals surface area contributed by atoms with Gasteiger partial charge < -0.3 is 9.80 Å². The van der Waals surface area contributed by atoms with Gasteiger partial charge in [0.25, 0.3) is 0 Å². The van der Waals surface area contributed by atoms with Crippen molar-refractivity contribution in [1.29, 1.82) is 0 Å². The summed E-state index contributed by atoms with van der Waals surface area (Å²) in [6, 6.07) is 8.48. The van der Waals surface area contributed by atoms with Crippen LogP contribution < -0.4 is 0 Å². The molecule has 0 radical (unpaired) electrons. The van der Waals surface area contributed by atoms with Crippen molar-refractivity contribution in [2.24, 2.45) is 0 Å². The zero-order valence-electron chi connectivity index (χ0n) is 15.8. The van der Waals surface area contributed by atoms with Gasteiger partial charge in [-0.25, -0.2) is 4.98 Å². The molecule has 1 saturated heterocycles. The molecule has 1 aromatic heterocycles. The number of hydrogen-bond donors (Lipinski definition) is 0. The Morgan fingerprint density at radius 1 is 0.926 bits per heavy atom. The maximum absolute atomic E-state index is 12.6. The van der Waals surface area contributed by atoms with Gasteiger partial charge in [-0.3, -0.25) is 14.4 Å². The molecule has 2 aliphatic heterocycles. The Morgan fingerprint density at radius 3 is 2.41 bits per heavy atom. The second-order valence-corrected chi connectivity index (χ2v) is 7.43. The Bertz CT molecular complexity index is 739. The van der Waals surface area contributed by atoms with Gasteiger partial charge in [0.2, 0.25) is 5.91 Å². The number of rotatable bonds is 6. The van der Waals surface area contributed by atoms with Crippen molar-refractivity contribution in [2.75, 3.05) is 45.8 Å². The van der Waals surface area contributed by atoms with Crippen LogP contribution in [0, 0.1) is 0 Å². The van der Waals surface area contributed by atoms with Crippen molar-refractivity contribution < 1.29 is 4.79 Å². The maximum atomic E-state index is 12.6. The van der Waals surface area contributed by atoms with E-state index in [0.29, 0.717) is 6.42 Å². The lowest BCUT2D eigenvalue weighted by Gasteiger charge is -2.35. The predicted octanol–water partition coefficient (Wildman–Crippen LogP) is 0.871. The molecule has 0 spiro atoms. The highest BCUT2D eigenvalue weighted by Crippen LogP contribution is 2.19. The minimum Gasteiger partial charge on any atom is -0.338 e. The molecule has 3 heterocycles. The molecule has 0 aliphatic carbocycles. The van der Waals surface area contributed by atoms with Gasteiger partial charge in [0.1, 0.15) is 12.7 Å². The van der Waals surface area contributed by atoms with Crippen molar-refractivity contribution in [2.45, 2.75) is 25.9 Å². The van der Waals surface area contributed by atoms with Gasteiger partial charge in [-0.2, -0.15) is 5.10 Å². The Balaban J connectivity index is 1.16. The quantitative estimate of drug-likeness (QED) is 0.757. The van der Waals surface area contributed by atoms with Gasteiger partial charge in [-0.05, 0) is 17.5 Å². The highest BCUT2D eigenvalue weighted by Gasteiger charge is 2.22. The van der Waals surface area contributed by atoms with Crippen LogP contribution in [0.2, 0.25) is 0 Å². The van der Waals surface area contributed by atoms with Crippen LogP contribution in [0.3, 0.4) is 0 Å². The number of carbonyl (C=O) groups is 1. The lowest BCUT2D eigenvalue weighted by molar-refractivity contribution is -0.132. The molecule has 0 bridgehead atoms. The Labute approximate surface area is 160 Å². The molecule has 1 aromatic carbocycles. The fraction of sp³-hybridized carbons (Fsp3) is 0.550. The summed E-state index contributed by atoms with van der Waals surface area (Å²) in [5.74, 6) is 0.290. The van der Waals surface area contributed by atoms with Crippen LogP contribution in [0.1, 0.15) is 17.5 Å². The lowest BCUT2D eigenvalue weighted by Crippen LogP contribution is -2.48. The second-order valence-electron chi connectivity index (χ2n) is 7.43. The Kier molecular flexibility index (Phi) is 5.79. The van der Waals surface area contributed by atoms with E-state index < -0.39 is 0 Å². The predicted molar refractivity (Wildman–Crippen MR) is 103 cm³/mol. The number of piperazine rings is 1. The minimum absolute atomic E-state index is 0.290. The molecule has 2 aromatic rings. The van der Waals surface area contributed by atoms with E-state index in [1.165, 1.54) is 11.1 Å². The number of nitrogens with zero attached hydrogens (tertiary/aromatic N) is 6. The van der Waals surface area contributed by atoms with E-state index in [1.807, 2.05) is 9.58 Å². The maximum Gasteiger partial charge on any atom is 0.224 e. The molecule has 0 atom stereocenters. The van der Waals surface area contributed by atoms with Crippen LogP contribution in [-0.4, -0.2) is 81.2 Å². The van der Waals surface area contributed by atoms with E-state index in [4.69, 9.17) is 0 Å². The summed E-state index contributed by atoms with van der Waals surface area (Å²) < 4.78 is 1.88. The van der Waals surface area contributed by atoms with Crippen molar-refractivity contribution in [3.63, 3.8) is 0 Å². The van der Waals surface area contributed by atoms with Crippen LogP contribution in [-0.2, 0) is 24.3 Å². The number of aromatic nitrogens is 3. The summed E-state index contributed by atoms with van der Waals surface area (Å²) in [7, 11) is 0. The first kappa shape index (κ1) is 18.1. The third kappa shape index (κ3) is 4.73. The number of hydrogen-bond acceptors (Lipinski definition) is 5. The van der Waals surface area contributed by atoms with E-state index in [1.54, 1.807) is 12.7 Å². The third-order valence-electron chi connectivity index (χ3n) is 5.70. The zero-order chi connectivity index (χ0) is 18.5. The summed E-state index contributed by atoms with van der Waals surface area (Å²) in [6.45, 7) is 8.56. The number of amides is 1. The third-order valence-corrected chi connectivity index (χ3v) is 5.70. The first-order valence-corrected chi connectivity index (χ1v) is 9.89. The first-order valence-electron chi connectivity index (χ1n) is 9.89. The van der Waals surface area contributed by atoms with Crippen molar-refractivity contribution in [1.82, 2.24) is 29.5 Å². The average Bonchev–Trinajstić information content (AvgIpc) is 3.24. The molecule has 0 N–H and O–H groups in total. The zero-order valence-corrected chi connectivity index (χ0v) is 15.8. The van der Waals surface area contributed by atoms with Gasteiger partial charge in [-0.1, -0.05) is 24.3 Å². The number of benzene rings is 1. The first-order chi connectivity index (χ1) is 13.3. The molecule has 7 heteroatoms. The smallest absolute Gasteiger partial charge is 0.224 e. The van der Waals surface area contributed by atoms with Gasteiger partial charge in [0, 0.05) is 58.8 Å². The molecule has 2 aliphatic rings. The second kappa shape index (κ2) is 8.63. The van der Waals surface area contributed by atoms with Crippen LogP contribution in [0.25, 0.3) is 0 Å². The van der Waals surface area contributed by atoms with E-state index >= 15 is 0 Å². The summed E-state index contributed by atoms with van der Waals surface area (Å²) in [5.41, 5.74) is 2.70. The van der Waals surface area contributed by atoms with Gasteiger partial charge in [0.15, 0.2) is 0 Å². The molecular formula is C20H28N6O. The topological polar surface area (TPSA) is 57.5 Å². The van der Waals surface area contributed by atoms with Gasteiger partial charge in [-0.15, -0.1) is 0 Å². The lowest BCUT2D eigenvalue weighted by atomic mass is 10.00. The standard InChI is InChI=1S/C20H28N6O/c27-20(25-8-5-18-3-1-2-4-19(18)15-25)6-7-23-9-11-24(12-10-23)13-14-26-17-21-16-22-26/h1-4,16-17H,5-15H2. The van der Waals surface area contributed by atoms with E-state index in [-0.39, 0.29) is 5.91 Å². The van der Waals surface area contributed by atoms with E-state index in [2.05, 4.69) is 44.1 Å². The Hall–Kier alpha value is -2.25. The van der Waals surface area contributed by atoms with Crippen molar-refractivity contribution in [3.05, 3.63) is 48.0 Å². The molecule has 4 rings (SSSR count). The molecule has 144 valence electrons. The minimum atomic E-state index is 0.290. The summed E-state index contributed by atoms with van der Waals surface area (Å²) in [5, 5.41) is 4.15. The summed E-state index contributed by atoms with van der Waals surface area (Å²) >= 11 is 0. The summed E-state index contributed by atoms with van der Waals surface area (Å²) in [6.07, 6.45) is 4.95. The van der Waals surface area contributed by atoms with Crippen molar-refractivity contribution >= 4 is 5.91 Å². The normalized spacial score (nSPS) is 18.4. The number of fused-ring (bicyclic) bond motifs is 1.